The summed E-state index contributed by atoms with van der Waals surface area (Å²) < 4.78 is 20.3. The Morgan fingerprint density at radius 3 is 2.37 bits per heavy atom. The monoisotopic (exact) mass is 401 g/mol. The van der Waals surface area contributed by atoms with Gasteiger partial charge in [-0.2, -0.15) is 5.10 Å². The number of hydrogen-bond acceptors (Lipinski definition) is 3. The number of anilines is 1. The number of benzene rings is 3. The Balaban J connectivity index is 1.32. The predicted octanol–water partition coefficient (Wildman–Crippen LogP) is 4.90. The van der Waals surface area contributed by atoms with Crippen LogP contribution in [0.25, 0.3) is 0 Å². The zero-order valence-corrected chi connectivity index (χ0v) is 16.2. The number of halogens is 1. The Kier molecular flexibility index (Phi) is 5.85. The molecule has 0 aliphatic heterocycles. The van der Waals surface area contributed by atoms with E-state index in [0.29, 0.717) is 30.3 Å². The zero-order chi connectivity index (χ0) is 20.8. The highest BCUT2D eigenvalue weighted by Gasteiger charge is 2.08. The van der Waals surface area contributed by atoms with Crippen molar-refractivity contribution in [1.82, 2.24) is 9.78 Å². The summed E-state index contributed by atoms with van der Waals surface area (Å²) in [4.78, 5) is 12.5. The minimum absolute atomic E-state index is 0.231. The Morgan fingerprint density at radius 1 is 0.900 bits per heavy atom. The number of nitrogens with one attached hydrogen (secondary N) is 1. The summed E-state index contributed by atoms with van der Waals surface area (Å²) in [7, 11) is 0. The molecular formula is C24H20FN3O2. The molecule has 1 amide bonds. The van der Waals surface area contributed by atoms with E-state index in [1.807, 2.05) is 48.7 Å². The minimum Gasteiger partial charge on any atom is -0.489 e. The molecule has 30 heavy (non-hydrogen) atoms. The third-order valence-corrected chi connectivity index (χ3v) is 4.50. The van der Waals surface area contributed by atoms with Gasteiger partial charge in [0, 0.05) is 17.8 Å². The van der Waals surface area contributed by atoms with Gasteiger partial charge in [0.05, 0.1) is 6.54 Å². The first kappa shape index (κ1) is 19.4. The van der Waals surface area contributed by atoms with Gasteiger partial charge in [0.2, 0.25) is 0 Å². The van der Waals surface area contributed by atoms with E-state index in [4.69, 9.17) is 4.74 Å². The molecule has 5 nitrogen and oxygen atoms in total. The molecule has 0 aliphatic rings. The van der Waals surface area contributed by atoms with E-state index < -0.39 is 0 Å². The molecule has 0 aliphatic carbocycles. The van der Waals surface area contributed by atoms with Crippen LogP contribution in [0, 0.1) is 5.82 Å². The SMILES string of the molecule is O=C(Nc1ccn(Cc2ccccc2)n1)c1ccc(COc2ccc(F)cc2)cc1. The molecule has 1 heterocycles. The van der Waals surface area contributed by atoms with Crippen molar-refractivity contribution < 1.29 is 13.9 Å². The number of carbonyl (C=O) groups excluding carboxylic acids is 1. The van der Waals surface area contributed by atoms with E-state index in [2.05, 4.69) is 10.4 Å². The lowest BCUT2D eigenvalue weighted by Gasteiger charge is -2.07. The van der Waals surface area contributed by atoms with E-state index in [1.165, 1.54) is 12.1 Å². The van der Waals surface area contributed by atoms with E-state index in [1.54, 1.807) is 35.0 Å². The van der Waals surface area contributed by atoms with Crippen molar-refractivity contribution in [2.75, 3.05) is 5.32 Å². The van der Waals surface area contributed by atoms with Gasteiger partial charge in [-0.25, -0.2) is 4.39 Å². The summed E-state index contributed by atoms with van der Waals surface area (Å²) >= 11 is 0. The smallest absolute Gasteiger partial charge is 0.256 e. The molecule has 6 heteroatoms. The lowest BCUT2D eigenvalue weighted by atomic mass is 10.1. The van der Waals surface area contributed by atoms with Crippen LogP contribution in [0.5, 0.6) is 5.75 Å². The van der Waals surface area contributed by atoms with Crippen LogP contribution in [0.1, 0.15) is 21.5 Å². The van der Waals surface area contributed by atoms with Gasteiger partial charge < -0.3 is 10.1 Å². The topological polar surface area (TPSA) is 56.2 Å². The second-order valence-electron chi connectivity index (χ2n) is 6.78. The molecule has 0 saturated carbocycles. The standard InChI is InChI=1S/C24H20FN3O2/c25-21-10-12-22(13-11-21)30-17-19-6-8-20(9-7-19)24(29)26-23-14-15-28(27-23)16-18-4-2-1-3-5-18/h1-15H,16-17H2,(H,26,27,29). The lowest BCUT2D eigenvalue weighted by molar-refractivity contribution is 0.102. The Morgan fingerprint density at radius 2 is 1.63 bits per heavy atom. The van der Waals surface area contributed by atoms with E-state index >= 15 is 0 Å². The molecule has 150 valence electrons. The maximum atomic E-state index is 12.9. The molecule has 1 aromatic heterocycles. The second-order valence-corrected chi connectivity index (χ2v) is 6.78. The van der Waals surface area contributed by atoms with Gasteiger partial charge in [-0.15, -0.1) is 0 Å². The van der Waals surface area contributed by atoms with Crippen LogP contribution in [0.4, 0.5) is 10.2 Å². The van der Waals surface area contributed by atoms with Crippen molar-refractivity contribution in [3.05, 3.63) is 114 Å². The van der Waals surface area contributed by atoms with Gasteiger partial charge in [0.1, 0.15) is 18.2 Å². The summed E-state index contributed by atoms with van der Waals surface area (Å²) in [5.41, 5.74) is 2.57. The number of nitrogens with zero attached hydrogens (tertiary/aromatic N) is 2. The summed E-state index contributed by atoms with van der Waals surface area (Å²) in [5.74, 6) is 0.553. The Hall–Kier alpha value is -3.93. The summed E-state index contributed by atoms with van der Waals surface area (Å²) in [6.45, 7) is 0.969. The van der Waals surface area contributed by atoms with Crippen LogP contribution in [0.15, 0.2) is 91.1 Å². The molecule has 0 fully saturated rings. The van der Waals surface area contributed by atoms with E-state index in [9.17, 15) is 9.18 Å². The number of hydrogen-bond donors (Lipinski definition) is 1. The predicted molar refractivity (Wildman–Crippen MR) is 113 cm³/mol. The van der Waals surface area contributed by atoms with Crippen molar-refractivity contribution in [3.8, 4) is 5.75 Å². The number of amides is 1. The van der Waals surface area contributed by atoms with Gasteiger partial charge in [0.15, 0.2) is 5.82 Å². The quantitative estimate of drug-likeness (QED) is 0.479. The van der Waals surface area contributed by atoms with Crippen molar-refractivity contribution in [3.63, 3.8) is 0 Å². The van der Waals surface area contributed by atoms with Crippen LogP contribution >= 0.6 is 0 Å². The number of carbonyl (C=O) groups is 1. The molecule has 3 aromatic carbocycles. The minimum atomic E-state index is -0.303. The van der Waals surface area contributed by atoms with Crippen LogP contribution in [-0.2, 0) is 13.2 Å². The third kappa shape index (κ3) is 5.11. The number of aromatic nitrogens is 2. The normalized spacial score (nSPS) is 10.6. The van der Waals surface area contributed by atoms with Crippen molar-refractivity contribution in [2.45, 2.75) is 13.2 Å². The largest absolute Gasteiger partial charge is 0.489 e. The average Bonchev–Trinajstić information content (AvgIpc) is 3.21. The maximum absolute atomic E-state index is 12.9. The molecule has 0 atom stereocenters. The fraction of sp³-hybridized carbons (Fsp3) is 0.0833. The van der Waals surface area contributed by atoms with Crippen LogP contribution in [-0.4, -0.2) is 15.7 Å². The molecule has 4 aromatic rings. The molecule has 4 rings (SSSR count). The first-order chi connectivity index (χ1) is 14.7. The number of ether oxygens (including phenoxy) is 1. The second kappa shape index (κ2) is 9.05. The van der Waals surface area contributed by atoms with Crippen LogP contribution < -0.4 is 10.1 Å². The molecule has 0 bridgehead atoms. The Bertz CT molecular complexity index is 1110. The molecule has 0 radical (unpaired) electrons. The molecular weight excluding hydrogens is 381 g/mol. The van der Waals surface area contributed by atoms with Gasteiger partial charge in [-0.05, 0) is 47.5 Å². The first-order valence-corrected chi connectivity index (χ1v) is 9.52. The van der Waals surface area contributed by atoms with Crippen molar-refractivity contribution in [1.29, 1.82) is 0 Å². The van der Waals surface area contributed by atoms with Gasteiger partial charge in [-0.3, -0.25) is 9.48 Å². The molecule has 0 unspecified atom stereocenters. The van der Waals surface area contributed by atoms with Gasteiger partial charge in [0.25, 0.3) is 5.91 Å². The van der Waals surface area contributed by atoms with Gasteiger partial charge >= 0.3 is 0 Å². The first-order valence-electron chi connectivity index (χ1n) is 9.52. The number of rotatable bonds is 7. The summed E-state index contributed by atoms with van der Waals surface area (Å²) in [6, 6.07) is 24.7. The fourth-order valence-corrected chi connectivity index (χ4v) is 2.93. The zero-order valence-electron chi connectivity index (χ0n) is 16.2. The highest BCUT2D eigenvalue weighted by molar-refractivity contribution is 6.03. The average molecular weight is 401 g/mol. The van der Waals surface area contributed by atoms with Gasteiger partial charge in [-0.1, -0.05) is 42.5 Å². The summed E-state index contributed by atoms with van der Waals surface area (Å²) in [6.07, 6.45) is 1.83. The van der Waals surface area contributed by atoms with Crippen LogP contribution in [0.2, 0.25) is 0 Å². The van der Waals surface area contributed by atoms with E-state index in [0.717, 1.165) is 11.1 Å². The van der Waals surface area contributed by atoms with Crippen LogP contribution in [0.3, 0.4) is 0 Å². The highest BCUT2D eigenvalue weighted by atomic mass is 19.1. The maximum Gasteiger partial charge on any atom is 0.256 e. The lowest BCUT2D eigenvalue weighted by Crippen LogP contribution is -2.13. The summed E-state index contributed by atoms with van der Waals surface area (Å²) in [5, 5.41) is 7.21. The van der Waals surface area contributed by atoms with Crippen molar-refractivity contribution in [2.24, 2.45) is 0 Å². The Labute approximate surface area is 173 Å². The highest BCUT2D eigenvalue weighted by Crippen LogP contribution is 2.15. The van der Waals surface area contributed by atoms with Crippen molar-refractivity contribution >= 4 is 11.7 Å². The van der Waals surface area contributed by atoms with E-state index in [-0.39, 0.29) is 11.7 Å². The fourth-order valence-electron chi connectivity index (χ4n) is 2.93. The molecule has 0 saturated heterocycles. The third-order valence-electron chi connectivity index (χ3n) is 4.50. The molecule has 0 spiro atoms. The molecule has 1 N–H and O–H groups in total.